The molecule has 2 rings (SSSR count). The van der Waals surface area contributed by atoms with E-state index in [9.17, 15) is 5.11 Å². The van der Waals surface area contributed by atoms with Crippen molar-refractivity contribution in [3.8, 4) is 0 Å². The Morgan fingerprint density at radius 1 is 1.29 bits per heavy atom. The van der Waals surface area contributed by atoms with Gasteiger partial charge in [-0.15, -0.1) is 0 Å². The Morgan fingerprint density at radius 3 is 2.50 bits per heavy atom. The van der Waals surface area contributed by atoms with Gasteiger partial charge >= 0.3 is 0 Å². The standard InChI is InChI=1S/C12H22O2/c1-12(2)7-5-10(11(12)13)14-8-6-9-3-4-9/h9-11,13H,3-8H2,1-2H3. The van der Waals surface area contributed by atoms with E-state index in [1.807, 2.05) is 0 Å². The molecule has 0 radical (unpaired) electrons. The van der Waals surface area contributed by atoms with Gasteiger partial charge in [0.25, 0.3) is 0 Å². The molecule has 2 unspecified atom stereocenters. The van der Waals surface area contributed by atoms with Gasteiger partial charge in [-0.1, -0.05) is 26.7 Å². The second kappa shape index (κ2) is 3.82. The maximum Gasteiger partial charge on any atom is 0.0852 e. The number of aliphatic hydroxyl groups is 1. The molecule has 2 nitrogen and oxygen atoms in total. The molecule has 2 atom stereocenters. The molecule has 2 aliphatic carbocycles. The summed E-state index contributed by atoms with van der Waals surface area (Å²) in [6.45, 7) is 5.10. The number of rotatable bonds is 4. The van der Waals surface area contributed by atoms with Crippen LogP contribution in [0.15, 0.2) is 0 Å². The second-order valence-electron chi connectivity index (χ2n) is 5.61. The molecule has 0 aromatic carbocycles. The maximum absolute atomic E-state index is 9.97. The number of ether oxygens (including phenoxy) is 1. The van der Waals surface area contributed by atoms with Crippen LogP contribution in [0.5, 0.6) is 0 Å². The SMILES string of the molecule is CC1(C)CCC(OCCC2CC2)C1O. The topological polar surface area (TPSA) is 29.5 Å². The highest BCUT2D eigenvalue weighted by Gasteiger charge is 2.41. The minimum atomic E-state index is -0.262. The third kappa shape index (κ3) is 2.29. The van der Waals surface area contributed by atoms with Crippen LogP contribution >= 0.6 is 0 Å². The average molecular weight is 198 g/mol. The fraction of sp³-hybridized carbons (Fsp3) is 1.00. The normalized spacial score (nSPS) is 36.2. The molecule has 2 fully saturated rings. The average Bonchev–Trinajstić information content (AvgIpc) is 2.89. The largest absolute Gasteiger partial charge is 0.390 e. The second-order valence-corrected chi connectivity index (χ2v) is 5.61. The fourth-order valence-corrected chi connectivity index (χ4v) is 2.29. The van der Waals surface area contributed by atoms with Gasteiger partial charge in [-0.05, 0) is 30.6 Å². The zero-order chi connectivity index (χ0) is 10.2. The summed E-state index contributed by atoms with van der Waals surface area (Å²) in [5, 5.41) is 9.97. The van der Waals surface area contributed by atoms with Crippen molar-refractivity contribution in [1.82, 2.24) is 0 Å². The summed E-state index contributed by atoms with van der Waals surface area (Å²) in [6.07, 6.45) is 5.93. The predicted octanol–water partition coefficient (Wildman–Crippen LogP) is 2.35. The zero-order valence-electron chi connectivity index (χ0n) is 9.33. The molecule has 2 saturated carbocycles. The summed E-state index contributed by atoms with van der Waals surface area (Å²) in [7, 11) is 0. The van der Waals surface area contributed by atoms with Gasteiger partial charge in [0.15, 0.2) is 0 Å². The quantitative estimate of drug-likeness (QED) is 0.751. The monoisotopic (exact) mass is 198 g/mol. The highest BCUT2D eigenvalue weighted by Crippen LogP contribution is 2.39. The lowest BCUT2D eigenvalue weighted by Crippen LogP contribution is -2.33. The third-order valence-corrected chi connectivity index (χ3v) is 3.78. The van der Waals surface area contributed by atoms with Gasteiger partial charge < -0.3 is 9.84 Å². The molecule has 0 heterocycles. The summed E-state index contributed by atoms with van der Waals surface area (Å²) in [6, 6.07) is 0. The number of hydrogen-bond donors (Lipinski definition) is 1. The van der Waals surface area contributed by atoms with Crippen LogP contribution in [-0.4, -0.2) is 23.9 Å². The molecule has 82 valence electrons. The van der Waals surface area contributed by atoms with E-state index in [-0.39, 0.29) is 17.6 Å². The van der Waals surface area contributed by atoms with Crippen molar-refractivity contribution < 1.29 is 9.84 Å². The molecule has 14 heavy (non-hydrogen) atoms. The first-order valence-corrected chi connectivity index (χ1v) is 5.89. The van der Waals surface area contributed by atoms with Crippen LogP contribution < -0.4 is 0 Å². The molecule has 0 spiro atoms. The molecule has 2 heteroatoms. The van der Waals surface area contributed by atoms with E-state index in [0.717, 1.165) is 25.4 Å². The van der Waals surface area contributed by atoms with Crippen LogP contribution in [0.1, 0.15) is 46.0 Å². The molecule has 0 aromatic heterocycles. The van der Waals surface area contributed by atoms with Gasteiger partial charge in [0.2, 0.25) is 0 Å². The first kappa shape index (κ1) is 10.4. The maximum atomic E-state index is 9.97. The lowest BCUT2D eigenvalue weighted by molar-refractivity contribution is -0.0509. The Balaban J connectivity index is 1.70. The van der Waals surface area contributed by atoms with Crippen LogP contribution in [0, 0.1) is 11.3 Å². The third-order valence-electron chi connectivity index (χ3n) is 3.78. The van der Waals surface area contributed by atoms with E-state index in [1.54, 1.807) is 0 Å². The number of aliphatic hydroxyl groups excluding tert-OH is 1. The van der Waals surface area contributed by atoms with Crippen molar-refractivity contribution in [3.63, 3.8) is 0 Å². The summed E-state index contributed by atoms with van der Waals surface area (Å²) in [5.74, 6) is 0.932. The lowest BCUT2D eigenvalue weighted by Gasteiger charge is -2.25. The van der Waals surface area contributed by atoms with E-state index in [0.29, 0.717) is 0 Å². The van der Waals surface area contributed by atoms with Gasteiger partial charge in [-0.3, -0.25) is 0 Å². The van der Waals surface area contributed by atoms with Crippen LogP contribution in [0.25, 0.3) is 0 Å². The van der Waals surface area contributed by atoms with Crippen molar-refractivity contribution in [1.29, 1.82) is 0 Å². The van der Waals surface area contributed by atoms with Crippen molar-refractivity contribution in [3.05, 3.63) is 0 Å². The molecule has 1 N–H and O–H groups in total. The minimum Gasteiger partial charge on any atom is -0.390 e. The highest BCUT2D eigenvalue weighted by atomic mass is 16.5. The highest BCUT2D eigenvalue weighted by molar-refractivity contribution is 4.92. The van der Waals surface area contributed by atoms with Gasteiger partial charge in [0, 0.05) is 6.61 Å². The van der Waals surface area contributed by atoms with Gasteiger partial charge in [-0.2, -0.15) is 0 Å². The molecule has 2 aliphatic rings. The molecular weight excluding hydrogens is 176 g/mol. The van der Waals surface area contributed by atoms with Crippen molar-refractivity contribution in [2.24, 2.45) is 11.3 Å². The zero-order valence-corrected chi connectivity index (χ0v) is 9.33. The summed E-state index contributed by atoms with van der Waals surface area (Å²) in [4.78, 5) is 0. The summed E-state index contributed by atoms with van der Waals surface area (Å²) >= 11 is 0. The molecular formula is C12H22O2. The van der Waals surface area contributed by atoms with Crippen molar-refractivity contribution in [2.45, 2.75) is 58.2 Å². The van der Waals surface area contributed by atoms with E-state index >= 15 is 0 Å². The first-order valence-electron chi connectivity index (χ1n) is 5.89. The van der Waals surface area contributed by atoms with Crippen molar-refractivity contribution in [2.75, 3.05) is 6.61 Å². The minimum absolute atomic E-state index is 0.0598. The molecule has 0 bridgehead atoms. The number of hydrogen-bond acceptors (Lipinski definition) is 2. The van der Waals surface area contributed by atoms with Gasteiger partial charge in [0.1, 0.15) is 0 Å². The van der Waals surface area contributed by atoms with Crippen LogP contribution in [-0.2, 0) is 4.74 Å². The van der Waals surface area contributed by atoms with E-state index in [4.69, 9.17) is 4.74 Å². The van der Waals surface area contributed by atoms with E-state index in [1.165, 1.54) is 19.3 Å². The smallest absolute Gasteiger partial charge is 0.0852 e. The van der Waals surface area contributed by atoms with Crippen molar-refractivity contribution >= 4 is 0 Å². The Labute approximate surface area is 86.6 Å². The molecule has 0 amide bonds. The van der Waals surface area contributed by atoms with Gasteiger partial charge in [-0.25, -0.2) is 0 Å². The van der Waals surface area contributed by atoms with Crippen LogP contribution in [0.4, 0.5) is 0 Å². The Kier molecular flexibility index (Phi) is 2.85. The molecule has 0 aromatic rings. The van der Waals surface area contributed by atoms with E-state index in [2.05, 4.69) is 13.8 Å². The first-order chi connectivity index (χ1) is 6.59. The summed E-state index contributed by atoms with van der Waals surface area (Å²) in [5.41, 5.74) is 0.0598. The molecule has 0 saturated heterocycles. The Morgan fingerprint density at radius 2 is 2.00 bits per heavy atom. The van der Waals surface area contributed by atoms with Crippen LogP contribution in [0.2, 0.25) is 0 Å². The fourth-order valence-electron chi connectivity index (χ4n) is 2.29. The Bertz CT molecular complexity index is 196. The van der Waals surface area contributed by atoms with Gasteiger partial charge in [0.05, 0.1) is 12.2 Å². The summed E-state index contributed by atoms with van der Waals surface area (Å²) < 4.78 is 5.75. The predicted molar refractivity (Wildman–Crippen MR) is 56.1 cm³/mol. The lowest BCUT2D eigenvalue weighted by atomic mass is 9.89. The Hall–Kier alpha value is -0.0800. The van der Waals surface area contributed by atoms with Crippen LogP contribution in [0.3, 0.4) is 0 Å². The van der Waals surface area contributed by atoms with E-state index < -0.39 is 0 Å². The molecule has 0 aliphatic heterocycles.